The van der Waals surface area contributed by atoms with E-state index in [0.717, 1.165) is 5.56 Å². The van der Waals surface area contributed by atoms with E-state index in [-0.39, 0.29) is 18.4 Å². The van der Waals surface area contributed by atoms with Crippen molar-refractivity contribution in [2.45, 2.75) is 19.9 Å². The number of rotatable bonds is 6. The molecule has 1 aliphatic rings. The second-order valence-corrected chi connectivity index (χ2v) is 6.86. The number of benzene rings is 1. The number of nitrogens with zero attached hydrogens (tertiary/aromatic N) is 3. The molecule has 0 saturated carbocycles. The summed E-state index contributed by atoms with van der Waals surface area (Å²) in [6.07, 6.45) is 3.14. The van der Waals surface area contributed by atoms with Crippen molar-refractivity contribution in [1.82, 2.24) is 14.5 Å². The molecule has 3 rings (SSSR count). The number of ether oxygens (including phenoxy) is 1. The molecule has 0 aliphatic carbocycles. The molecule has 6 nitrogen and oxygen atoms in total. The lowest BCUT2D eigenvalue weighted by Crippen LogP contribution is -2.60. The first-order chi connectivity index (χ1) is 11.9. The Labute approximate surface area is 147 Å². The van der Waals surface area contributed by atoms with E-state index in [1.807, 2.05) is 49.2 Å². The number of aromatic nitrogens is 2. The van der Waals surface area contributed by atoms with Gasteiger partial charge in [0.15, 0.2) is 0 Å². The van der Waals surface area contributed by atoms with Crippen LogP contribution in [0, 0.1) is 5.41 Å². The van der Waals surface area contributed by atoms with Crippen molar-refractivity contribution >= 4 is 11.8 Å². The topological polar surface area (TPSA) is 64.4 Å². The minimum atomic E-state index is -0.569. The maximum absolute atomic E-state index is 12.5. The Kier molecular flexibility index (Phi) is 4.72. The van der Waals surface area contributed by atoms with E-state index in [4.69, 9.17) is 4.74 Å². The van der Waals surface area contributed by atoms with Crippen molar-refractivity contribution < 1.29 is 14.3 Å². The van der Waals surface area contributed by atoms with Gasteiger partial charge in [-0.3, -0.25) is 4.79 Å². The molecule has 132 valence electrons. The minimum Gasteiger partial charge on any atom is -0.460 e. The highest BCUT2D eigenvalue weighted by atomic mass is 16.5. The monoisotopic (exact) mass is 341 g/mol. The molecule has 1 unspecified atom stereocenters. The molecule has 0 N–H and O–H groups in total. The maximum Gasteiger partial charge on any atom is 0.356 e. The summed E-state index contributed by atoms with van der Waals surface area (Å²) in [7, 11) is 1.94. The summed E-state index contributed by atoms with van der Waals surface area (Å²) in [5, 5.41) is 0. The Hall–Kier alpha value is -2.47. The van der Waals surface area contributed by atoms with E-state index >= 15 is 0 Å². The average molecular weight is 341 g/mol. The number of hydrogen-bond acceptors (Lipinski definition) is 5. The molecule has 1 aromatic heterocycles. The Balaban J connectivity index is 1.72. The fourth-order valence-electron chi connectivity index (χ4n) is 3.34. The lowest BCUT2D eigenvalue weighted by molar-refractivity contribution is -0.140. The highest BCUT2D eigenvalue weighted by molar-refractivity contribution is 5.88. The lowest BCUT2D eigenvalue weighted by atomic mass is 9.77. The van der Waals surface area contributed by atoms with E-state index in [2.05, 4.69) is 4.98 Å². The highest BCUT2D eigenvalue weighted by Crippen LogP contribution is 2.31. The number of imidazole rings is 1. The number of hydrogen-bond donors (Lipinski definition) is 0. The number of esters is 1. The Morgan fingerprint density at radius 2 is 1.96 bits per heavy atom. The van der Waals surface area contributed by atoms with Gasteiger partial charge in [-0.05, 0) is 26.5 Å². The first kappa shape index (κ1) is 17.4. The van der Waals surface area contributed by atoms with Crippen LogP contribution in [0.5, 0.6) is 0 Å². The number of likely N-dealkylation sites (tertiary alicyclic amines) is 1. The Morgan fingerprint density at radius 3 is 2.56 bits per heavy atom. The fraction of sp³-hybridized carbons (Fsp3) is 0.421. The summed E-state index contributed by atoms with van der Waals surface area (Å²) in [5.41, 5.74) is 0.901. The molecule has 2 heterocycles. The third kappa shape index (κ3) is 3.35. The van der Waals surface area contributed by atoms with Crippen molar-refractivity contribution in [3.05, 3.63) is 54.1 Å². The number of Topliss-reactive ketones (excluding diaryl/α,β-unsaturated/α-hetero) is 1. The van der Waals surface area contributed by atoms with Gasteiger partial charge in [0.05, 0.1) is 24.0 Å². The van der Waals surface area contributed by atoms with Gasteiger partial charge in [0.25, 0.3) is 0 Å². The Morgan fingerprint density at radius 1 is 1.28 bits per heavy atom. The summed E-state index contributed by atoms with van der Waals surface area (Å²) in [4.78, 5) is 30.6. The van der Waals surface area contributed by atoms with Crippen molar-refractivity contribution in [2.24, 2.45) is 5.41 Å². The first-order valence-electron chi connectivity index (χ1n) is 8.36. The van der Waals surface area contributed by atoms with Crippen LogP contribution < -0.4 is 0 Å². The third-order valence-corrected chi connectivity index (χ3v) is 4.95. The van der Waals surface area contributed by atoms with Crippen LogP contribution in [-0.4, -0.2) is 52.9 Å². The average Bonchev–Trinajstić information content (AvgIpc) is 3.07. The van der Waals surface area contributed by atoms with Gasteiger partial charge in [0.1, 0.15) is 18.1 Å². The van der Waals surface area contributed by atoms with Crippen molar-refractivity contribution in [2.75, 3.05) is 26.7 Å². The normalized spacial score (nSPS) is 17.6. The van der Waals surface area contributed by atoms with E-state index < -0.39 is 11.4 Å². The predicted molar refractivity (Wildman–Crippen MR) is 93.4 cm³/mol. The molecule has 1 fully saturated rings. The summed E-state index contributed by atoms with van der Waals surface area (Å²) < 4.78 is 7.28. The summed E-state index contributed by atoms with van der Waals surface area (Å²) in [5.74, 6) is -0.389. The number of carbonyl (C=O) groups excluding carboxylic acids is 2. The molecule has 6 heteroatoms. The van der Waals surface area contributed by atoms with Crippen molar-refractivity contribution in [3.63, 3.8) is 0 Å². The van der Waals surface area contributed by atoms with Gasteiger partial charge in [-0.1, -0.05) is 30.3 Å². The van der Waals surface area contributed by atoms with Crippen LogP contribution in [-0.2, 0) is 9.53 Å². The fourth-order valence-corrected chi connectivity index (χ4v) is 3.34. The SMILES string of the molecule is CC(=O)C1(COC(=O)c2cncn2C(C)c2ccccc2)CN(C)C1. The summed E-state index contributed by atoms with van der Waals surface area (Å²) in [6.45, 7) is 4.91. The quantitative estimate of drug-likeness (QED) is 0.754. The molecule has 1 saturated heterocycles. The van der Waals surface area contributed by atoms with Crippen LogP contribution >= 0.6 is 0 Å². The van der Waals surface area contributed by atoms with E-state index in [9.17, 15) is 9.59 Å². The van der Waals surface area contributed by atoms with Crippen LogP contribution in [0.15, 0.2) is 42.9 Å². The third-order valence-electron chi connectivity index (χ3n) is 4.95. The van der Waals surface area contributed by atoms with Gasteiger partial charge in [0, 0.05) is 13.1 Å². The second kappa shape index (κ2) is 6.80. The second-order valence-electron chi connectivity index (χ2n) is 6.86. The van der Waals surface area contributed by atoms with Crippen molar-refractivity contribution in [3.8, 4) is 0 Å². The zero-order valence-electron chi connectivity index (χ0n) is 14.8. The van der Waals surface area contributed by atoms with E-state index in [0.29, 0.717) is 18.8 Å². The van der Waals surface area contributed by atoms with E-state index in [1.54, 1.807) is 17.8 Å². The number of carbonyl (C=O) groups is 2. The van der Waals surface area contributed by atoms with E-state index in [1.165, 1.54) is 6.20 Å². The van der Waals surface area contributed by atoms with Gasteiger partial charge in [-0.25, -0.2) is 9.78 Å². The Bertz CT molecular complexity index is 763. The van der Waals surface area contributed by atoms with Gasteiger partial charge in [0.2, 0.25) is 0 Å². The van der Waals surface area contributed by atoms with Gasteiger partial charge >= 0.3 is 5.97 Å². The summed E-state index contributed by atoms with van der Waals surface area (Å²) in [6, 6.07) is 9.86. The molecule has 0 bridgehead atoms. The molecule has 0 amide bonds. The van der Waals surface area contributed by atoms with Gasteiger partial charge in [-0.2, -0.15) is 0 Å². The molecule has 1 atom stereocenters. The standard InChI is InChI=1S/C19H23N3O3/c1-14(16-7-5-4-6-8-16)22-13-20-9-17(22)18(24)25-12-19(15(2)23)10-21(3)11-19/h4-9,13-14H,10-12H2,1-3H3. The molecule has 0 spiro atoms. The van der Waals surface area contributed by atoms with Gasteiger partial charge < -0.3 is 14.2 Å². The maximum atomic E-state index is 12.5. The minimum absolute atomic E-state index is 0.0390. The number of ketones is 1. The largest absolute Gasteiger partial charge is 0.460 e. The molecule has 1 aliphatic heterocycles. The van der Waals surface area contributed by atoms with Crippen LogP contribution in [0.1, 0.15) is 35.9 Å². The molecular formula is C19H23N3O3. The smallest absolute Gasteiger partial charge is 0.356 e. The zero-order valence-corrected chi connectivity index (χ0v) is 14.8. The van der Waals surface area contributed by atoms with Crippen molar-refractivity contribution in [1.29, 1.82) is 0 Å². The van der Waals surface area contributed by atoms with Gasteiger partial charge in [-0.15, -0.1) is 0 Å². The lowest BCUT2D eigenvalue weighted by Gasteiger charge is -2.46. The zero-order chi connectivity index (χ0) is 18.0. The molecular weight excluding hydrogens is 318 g/mol. The van der Waals surface area contributed by atoms with Crippen LogP contribution in [0.3, 0.4) is 0 Å². The first-order valence-corrected chi connectivity index (χ1v) is 8.36. The molecule has 2 aromatic rings. The highest BCUT2D eigenvalue weighted by Gasteiger charge is 2.46. The van der Waals surface area contributed by atoms with Crippen LogP contribution in [0.25, 0.3) is 0 Å². The van der Waals surface area contributed by atoms with Crippen LogP contribution in [0.2, 0.25) is 0 Å². The molecule has 25 heavy (non-hydrogen) atoms. The molecule has 1 aromatic carbocycles. The molecule has 0 radical (unpaired) electrons. The predicted octanol–water partition coefficient (Wildman–Crippen LogP) is 2.17. The van der Waals surface area contributed by atoms with Crippen LogP contribution in [0.4, 0.5) is 0 Å². The summed E-state index contributed by atoms with van der Waals surface area (Å²) >= 11 is 0.